The third-order valence-electron chi connectivity index (χ3n) is 2.64. The second-order valence-electron chi connectivity index (χ2n) is 3.85. The van der Waals surface area contributed by atoms with Crippen molar-refractivity contribution < 1.29 is 14.1 Å². The van der Waals surface area contributed by atoms with Crippen molar-refractivity contribution in [3.05, 3.63) is 0 Å². The summed E-state index contributed by atoms with van der Waals surface area (Å²) < 4.78 is -0.0713. The molecule has 0 bridgehead atoms. The van der Waals surface area contributed by atoms with E-state index in [1.54, 1.807) is 7.05 Å². The predicted octanol–water partition coefficient (Wildman–Crippen LogP) is 1.90. The minimum atomic E-state index is -0.188. The smallest absolute Gasteiger partial charge is 0.308 e. The Morgan fingerprint density at radius 2 is 1.67 bits per heavy atom. The molecule has 0 rings (SSSR count). The van der Waals surface area contributed by atoms with Gasteiger partial charge in [0.1, 0.15) is 0 Å². The van der Waals surface area contributed by atoms with Crippen LogP contribution in [0.4, 0.5) is 4.79 Å². The van der Waals surface area contributed by atoms with E-state index in [0.29, 0.717) is 13.1 Å². The topological polar surface area (TPSA) is 46.2 Å². The second kappa shape index (κ2) is 7.40. The molecule has 0 aliphatic carbocycles. The summed E-state index contributed by atoms with van der Waals surface area (Å²) in [7, 11) is 1.58. The van der Waals surface area contributed by atoms with Crippen molar-refractivity contribution in [2.24, 2.45) is 0 Å². The molecule has 0 radical (unpaired) electrons. The predicted molar refractivity (Wildman–Crippen MR) is 60.3 cm³/mol. The van der Waals surface area contributed by atoms with E-state index in [2.05, 4.69) is 19.2 Å². The van der Waals surface area contributed by atoms with E-state index in [-0.39, 0.29) is 10.5 Å². The summed E-state index contributed by atoms with van der Waals surface area (Å²) in [6.45, 7) is 5.34. The molecule has 0 aliphatic rings. The van der Waals surface area contributed by atoms with E-state index in [9.17, 15) is 9.59 Å². The molecular weight excluding hydrogens is 192 g/mol. The Morgan fingerprint density at radius 3 is 1.93 bits per heavy atom. The lowest BCUT2D eigenvalue weighted by Gasteiger charge is -2.28. The molecule has 0 atom stereocenters. The molecule has 0 spiro atoms. The third kappa shape index (κ3) is 4.00. The third-order valence-corrected chi connectivity index (χ3v) is 2.64. The molecule has 0 aromatic carbocycles. The number of amides is 3. The van der Waals surface area contributed by atoms with Crippen molar-refractivity contribution in [1.29, 1.82) is 0 Å². The molecule has 1 N–H and O–H groups in total. The summed E-state index contributed by atoms with van der Waals surface area (Å²) in [4.78, 5) is 22.9. The number of urea groups is 1. The highest BCUT2D eigenvalue weighted by Crippen LogP contribution is 2.10. The highest BCUT2D eigenvalue weighted by molar-refractivity contribution is 5.73. The average Bonchev–Trinajstić information content (AvgIpc) is 2.29. The SMILES string of the molecule is CCCC[N+](C=O)(CCCC)C(=O)NC. The Balaban J connectivity index is 4.59. The second-order valence-corrected chi connectivity index (χ2v) is 3.85. The van der Waals surface area contributed by atoms with Crippen LogP contribution in [0.15, 0.2) is 0 Å². The first-order valence-electron chi connectivity index (χ1n) is 5.72. The number of carbonyl (C=O) groups excluding carboxylic acids is 2. The molecule has 0 unspecified atom stereocenters. The van der Waals surface area contributed by atoms with E-state index in [4.69, 9.17) is 0 Å². The first kappa shape index (κ1) is 14.1. The van der Waals surface area contributed by atoms with Gasteiger partial charge in [0.15, 0.2) is 0 Å². The van der Waals surface area contributed by atoms with Gasteiger partial charge in [-0.1, -0.05) is 26.7 Å². The molecule has 4 nitrogen and oxygen atoms in total. The van der Waals surface area contributed by atoms with Crippen LogP contribution in [0.3, 0.4) is 0 Å². The number of imide groups is 1. The number of nitrogens with one attached hydrogen (secondary N) is 1. The number of hydrogen-bond donors (Lipinski definition) is 1. The number of unbranched alkanes of at least 4 members (excludes halogenated alkanes) is 2. The molecule has 0 aromatic rings. The van der Waals surface area contributed by atoms with Crippen LogP contribution in [0, 0.1) is 0 Å². The highest BCUT2D eigenvalue weighted by Gasteiger charge is 2.34. The molecule has 0 heterocycles. The van der Waals surface area contributed by atoms with Gasteiger partial charge in [-0.05, 0) is 12.8 Å². The van der Waals surface area contributed by atoms with Crippen molar-refractivity contribution in [3.63, 3.8) is 0 Å². The van der Waals surface area contributed by atoms with E-state index in [1.165, 1.54) is 0 Å². The molecular formula is C11H23N2O2+. The molecule has 0 fully saturated rings. The van der Waals surface area contributed by atoms with E-state index in [1.807, 2.05) is 0 Å². The van der Waals surface area contributed by atoms with Gasteiger partial charge in [0.2, 0.25) is 0 Å². The first-order chi connectivity index (χ1) is 7.16. The van der Waals surface area contributed by atoms with Gasteiger partial charge in [0.25, 0.3) is 0 Å². The van der Waals surface area contributed by atoms with Crippen LogP contribution in [0.2, 0.25) is 0 Å². The minimum Gasteiger partial charge on any atom is -0.308 e. The monoisotopic (exact) mass is 215 g/mol. The van der Waals surface area contributed by atoms with Gasteiger partial charge in [-0.15, -0.1) is 0 Å². The van der Waals surface area contributed by atoms with Gasteiger partial charge in [0, 0.05) is 7.05 Å². The molecule has 4 heteroatoms. The maximum absolute atomic E-state index is 11.7. The molecule has 88 valence electrons. The van der Waals surface area contributed by atoms with Crippen molar-refractivity contribution >= 4 is 12.4 Å². The van der Waals surface area contributed by atoms with Crippen LogP contribution >= 0.6 is 0 Å². The minimum absolute atomic E-state index is 0.0713. The van der Waals surface area contributed by atoms with Crippen LogP contribution in [0.5, 0.6) is 0 Å². The Morgan fingerprint density at radius 1 is 1.20 bits per heavy atom. The van der Waals surface area contributed by atoms with Crippen molar-refractivity contribution in [3.8, 4) is 0 Å². The molecule has 0 aliphatic heterocycles. The zero-order valence-electron chi connectivity index (χ0n) is 10.1. The van der Waals surface area contributed by atoms with Crippen molar-refractivity contribution in [2.45, 2.75) is 39.5 Å². The zero-order valence-corrected chi connectivity index (χ0v) is 10.1. The Kier molecular flexibility index (Phi) is 6.96. The fourth-order valence-corrected chi connectivity index (χ4v) is 1.57. The molecule has 3 amide bonds. The lowest BCUT2D eigenvalue weighted by Crippen LogP contribution is -2.56. The van der Waals surface area contributed by atoms with E-state index < -0.39 is 0 Å². The number of quaternary nitrogens is 1. The maximum atomic E-state index is 11.7. The van der Waals surface area contributed by atoms with Crippen molar-refractivity contribution in [1.82, 2.24) is 5.32 Å². The Labute approximate surface area is 92.2 Å². The molecule has 0 aromatic heterocycles. The summed E-state index contributed by atoms with van der Waals surface area (Å²) in [5.41, 5.74) is 0. The zero-order chi connectivity index (χ0) is 11.7. The van der Waals surface area contributed by atoms with Crippen LogP contribution in [0.25, 0.3) is 0 Å². The molecule has 0 saturated carbocycles. The largest absolute Gasteiger partial charge is 0.423 e. The van der Waals surface area contributed by atoms with Crippen LogP contribution in [-0.2, 0) is 4.79 Å². The summed E-state index contributed by atoms with van der Waals surface area (Å²) in [6.07, 6.45) is 4.57. The summed E-state index contributed by atoms with van der Waals surface area (Å²) in [5, 5.41) is 2.58. The highest BCUT2D eigenvalue weighted by atomic mass is 16.2. The summed E-state index contributed by atoms with van der Waals surface area (Å²) in [5.74, 6) is 0. The fraction of sp³-hybridized carbons (Fsp3) is 0.818. The summed E-state index contributed by atoms with van der Waals surface area (Å²) in [6, 6.07) is -0.188. The van der Waals surface area contributed by atoms with E-state index >= 15 is 0 Å². The van der Waals surface area contributed by atoms with Gasteiger partial charge >= 0.3 is 12.4 Å². The quantitative estimate of drug-likeness (QED) is 0.521. The van der Waals surface area contributed by atoms with E-state index in [0.717, 1.165) is 32.1 Å². The van der Waals surface area contributed by atoms with Gasteiger partial charge in [-0.2, -0.15) is 4.48 Å². The number of hydrogen-bond acceptors (Lipinski definition) is 2. The van der Waals surface area contributed by atoms with Crippen LogP contribution < -0.4 is 5.32 Å². The normalized spacial score (nSPS) is 11.1. The van der Waals surface area contributed by atoms with Gasteiger partial charge in [-0.3, -0.25) is 0 Å². The lowest BCUT2D eigenvalue weighted by molar-refractivity contribution is -0.765. The Hall–Kier alpha value is -0.900. The summed E-state index contributed by atoms with van der Waals surface area (Å²) >= 11 is 0. The number of nitrogens with zero attached hydrogens (tertiary/aromatic N) is 1. The number of carbonyl (C=O) groups is 2. The fourth-order valence-electron chi connectivity index (χ4n) is 1.57. The molecule has 15 heavy (non-hydrogen) atoms. The standard InChI is InChI=1S/C11H22N2O2/c1-4-6-8-13(10-14,9-7-5-2)11(15)12-3/h10H,4-9H2,1-3H3/p+1. The first-order valence-corrected chi connectivity index (χ1v) is 5.72. The van der Waals surface area contributed by atoms with Gasteiger partial charge in [-0.25, -0.2) is 9.59 Å². The van der Waals surface area contributed by atoms with Gasteiger partial charge in [0.05, 0.1) is 13.1 Å². The lowest BCUT2D eigenvalue weighted by atomic mass is 10.2. The van der Waals surface area contributed by atoms with Crippen LogP contribution in [-0.4, -0.2) is 37.1 Å². The molecule has 0 saturated heterocycles. The van der Waals surface area contributed by atoms with Gasteiger partial charge < -0.3 is 5.32 Å². The van der Waals surface area contributed by atoms with Crippen LogP contribution in [0.1, 0.15) is 39.5 Å². The number of rotatable bonds is 7. The van der Waals surface area contributed by atoms with Crippen molar-refractivity contribution in [2.75, 3.05) is 20.1 Å². The average molecular weight is 215 g/mol. The Bertz CT molecular complexity index is 197. The maximum Gasteiger partial charge on any atom is 0.423 e.